The van der Waals surface area contributed by atoms with Gasteiger partial charge in [0.1, 0.15) is 12.4 Å². The summed E-state index contributed by atoms with van der Waals surface area (Å²) in [5.74, 6) is 1.83. The molecule has 0 aliphatic heterocycles. The highest BCUT2D eigenvalue weighted by atomic mass is 79.9. The fourth-order valence-corrected chi connectivity index (χ4v) is 6.08. The number of nitrogens with zero attached hydrogens (tertiary/aromatic N) is 3. The summed E-state index contributed by atoms with van der Waals surface area (Å²) >= 11 is 19.4. The third-order valence-corrected chi connectivity index (χ3v) is 8.31. The van der Waals surface area contributed by atoms with Gasteiger partial charge in [0.2, 0.25) is 0 Å². The Kier molecular flexibility index (Phi) is 8.96. The molecule has 1 aliphatic carbocycles. The summed E-state index contributed by atoms with van der Waals surface area (Å²) in [6.45, 7) is 0.188. The fraction of sp³-hybridized carbons (Fsp3) is 0.276. The van der Waals surface area contributed by atoms with E-state index in [-0.39, 0.29) is 18.1 Å². The Hall–Kier alpha value is -2.39. The minimum absolute atomic E-state index is 0.163. The van der Waals surface area contributed by atoms with Crippen molar-refractivity contribution >= 4 is 72.2 Å². The molecule has 39 heavy (non-hydrogen) atoms. The van der Waals surface area contributed by atoms with Crippen LogP contribution in [-0.4, -0.2) is 23.0 Å². The fourth-order valence-electron chi connectivity index (χ4n) is 4.80. The van der Waals surface area contributed by atoms with E-state index in [1.54, 1.807) is 31.5 Å². The summed E-state index contributed by atoms with van der Waals surface area (Å²) in [6, 6.07) is 14.5. The molecule has 0 saturated heterocycles. The number of hydrogen-bond acceptors (Lipinski definition) is 5. The summed E-state index contributed by atoms with van der Waals surface area (Å²) in [5.41, 5.74) is 1.86. The lowest BCUT2D eigenvalue weighted by Crippen LogP contribution is -2.25. The molecule has 0 bridgehead atoms. The number of ether oxygens (including phenoxy) is 2. The van der Waals surface area contributed by atoms with Crippen LogP contribution in [-0.2, 0) is 6.61 Å². The first-order valence-electron chi connectivity index (χ1n) is 12.5. The molecule has 0 unspecified atom stereocenters. The van der Waals surface area contributed by atoms with Crippen LogP contribution in [0.1, 0.15) is 55.0 Å². The topological polar surface area (TPSA) is 65.7 Å². The van der Waals surface area contributed by atoms with Crippen LogP contribution in [0.2, 0.25) is 10.0 Å². The van der Waals surface area contributed by atoms with Crippen molar-refractivity contribution in [1.29, 1.82) is 0 Å². The molecular weight excluding hydrogens is 669 g/mol. The second kappa shape index (κ2) is 12.4. The maximum Gasteiger partial charge on any atom is 0.282 e. The first-order chi connectivity index (χ1) is 18.8. The van der Waals surface area contributed by atoms with Crippen molar-refractivity contribution in [1.82, 2.24) is 9.66 Å². The van der Waals surface area contributed by atoms with E-state index >= 15 is 0 Å². The van der Waals surface area contributed by atoms with E-state index in [0.717, 1.165) is 40.2 Å². The molecule has 10 heteroatoms. The molecule has 202 valence electrons. The predicted octanol–water partition coefficient (Wildman–Crippen LogP) is 8.75. The lowest BCUT2D eigenvalue weighted by Gasteiger charge is -2.23. The average molecular weight is 694 g/mol. The number of fused-ring (bicyclic) bond motifs is 1. The van der Waals surface area contributed by atoms with Gasteiger partial charge in [-0.2, -0.15) is 9.78 Å². The average Bonchev–Trinajstić information content (AvgIpc) is 2.93. The summed E-state index contributed by atoms with van der Waals surface area (Å²) in [6.07, 6.45) is 6.98. The molecule has 0 spiro atoms. The van der Waals surface area contributed by atoms with E-state index in [1.165, 1.54) is 11.1 Å². The van der Waals surface area contributed by atoms with Gasteiger partial charge in [0.25, 0.3) is 5.56 Å². The van der Waals surface area contributed by atoms with Gasteiger partial charge in [-0.25, -0.2) is 4.98 Å². The van der Waals surface area contributed by atoms with E-state index in [1.807, 2.05) is 30.3 Å². The number of halogens is 4. The number of hydrogen-bond donors (Lipinski definition) is 0. The minimum Gasteiger partial charge on any atom is -0.493 e. The number of aromatic nitrogens is 2. The predicted molar refractivity (Wildman–Crippen MR) is 164 cm³/mol. The zero-order chi connectivity index (χ0) is 27.5. The van der Waals surface area contributed by atoms with Gasteiger partial charge in [-0.05, 0) is 55.3 Å². The van der Waals surface area contributed by atoms with E-state index in [9.17, 15) is 4.79 Å². The third-order valence-electron chi connectivity index (χ3n) is 6.77. The molecule has 5 rings (SSSR count). The van der Waals surface area contributed by atoms with Crippen molar-refractivity contribution in [3.8, 4) is 11.5 Å². The van der Waals surface area contributed by atoms with E-state index in [4.69, 9.17) is 42.8 Å². The Morgan fingerprint density at radius 3 is 2.59 bits per heavy atom. The Morgan fingerprint density at radius 2 is 1.85 bits per heavy atom. The maximum absolute atomic E-state index is 13.7. The van der Waals surface area contributed by atoms with Crippen LogP contribution in [0.15, 0.2) is 67.4 Å². The summed E-state index contributed by atoms with van der Waals surface area (Å²) in [5, 5.41) is 6.25. The number of rotatable bonds is 7. The van der Waals surface area contributed by atoms with Crippen LogP contribution < -0.4 is 15.0 Å². The molecule has 1 saturated carbocycles. The molecule has 0 radical (unpaired) electrons. The monoisotopic (exact) mass is 691 g/mol. The number of methoxy groups -OCH3 is 1. The zero-order valence-corrected chi connectivity index (χ0v) is 25.8. The SMILES string of the molecule is COc1cc(Br)cc(C=Nn2c(C3CCCCC3)nc3ccc(Br)cc3c2=O)c1OCc1ccc(Cl)cc1Cl. The van der Waals surface area contributed by atoms with Crippen molar-refractivity contribution in [3.05, 3.63) is 94.8 Å². The Morgan fingerprint density at radius 1 is 1.05 bits per heavy atom. The molecule has 6 nitrogen and oxygen atoms in total. The second-order valence-corrected chi connectivity index (χ2v) is 12.1. The van der Waals surface area contributed by atoms with Gasteiger partial charge in [-0.1, -0.05) is 80.4 Å². The standard InChI is InChI=1S/C29H25Br2Cl2N3O3/c1-38-26-13-21(31)11-19(27(26)39-16-18-7-9-22(32)14-24(18)33)15-34-36-28(17-5-3-2-4-6-17)35-25-10-8-20(30)12-23(25)29(36)37/h7-15,17H,2-6,16H2,1H3. The van der Waals surface area contributed by atoms with Crippen molar-refractivity contribution in [2.24, 2.45) is 5.10 Å². The summed E-state index contributed by atoms with van der Waals surface area (Å²) in [7, 11) is 1.57. The van der Waals surface area contributed by atoms with Gasteiger partial charge in [-0.15, -0.1) is 0 Å². The van der Waals surface area contributed by atoms with Crippen LogP contribution in [0, 0.1) is 0 Å². The second-order valence-electron chi connectivity index (χ2n) is 9.38. The largest absolute Gasteiger partial charge is 0.493 e. The molecule has 1 heterocycles. The molecule has 1 aliphatic rings. The molecule has 0 atom stereocenters. The first-order valence-corrected chi connectivity index (χ1v) is 14.9. The normalized spacial score (nSPS) is 14.3. The van der Waals surface area contributed by atoms with Crippen LogP contribution >= 0.6 is 55.1 Å². The van der Waals surface area contributed by atoms with Gasteiger partial charge in [0.15, 0.2) is 11.5 Å². The lowest BCUT2D eigenvalue weighted by molar-refractivity contribution is 0.284. The lowest BCUT2D eigenvalue weighted by atomic mass is 9.88. The quantitative estimate of drug-likeness (QED) is 0.182. The highest BCUT2D eigenvalue weighted by Crippen LogP contribution is 2.36. The smallest absolute Gasteiger partial charge is 0.282 e. The third kappa shape index (κ3) is 6.35. The molecule has 0 N–H and O–H groups in total. The highest BCUT2D eigenvalue weighted by Gasteiger charge is 2.23. The molecule has 1 aromatic heterocycles. The highest BCUT2D eigenvalue weighted by molar-refractivity contribution is 9.10. The van der Waals surface area contributed by atoms with Crippen LogP contribution in [0.25, 0.3) is 10.9 Å². The summed E-state index contributed by atoms with van der Waals surface area (Å²) < 4.78 is 14.8. The molecule has 1 fully saturated rings. The van der Waals surface area contributed by atoms with Gasteiger partial charge >= 0.3 is 0 Å². The van der Waals surface area contributed by atoms with Gasteiger partial charge in [0.05, 0.1) is 24.2 Å². The van der Waals surface area contributed by atoms with Crippen LogP contribution in [0.3, 0.4) is 0 Å². The van der Waals surface area contributed by atoms with E-state index in [0.29, 0.717) is 43.8 Å². The van der Waals surface area contributed by atoms with Crippen LogP contribution in [0.4, 0.5) is 0 Å². The maximum atomic E-state index is 13.7. The van der Waals surface area contributed by atoms with Gasteiger partial charge < -0.3 is 9.47 Å². The van der Waals surface area contributed by atoms with E-state index < -0.39 is 0 Å². The molecule has 3 aromatic carbocycles. The van der Waals surface area contributed by atoms with Crippen molar-refractivity contribution < 1.29 is 9.47 Å². The molecular formula is C29H25Br2Cl2N3O3. The molecule has 0 amide bonds. The minimum atomic E-state index is -0.213. The zero-order valence-electron chi connectivity index (χ0n) is 21.1. The van der Waals surface area contributed by atoms with Crippen LogP contribution in [0.5, 0.6) is 11.5 Å². The first kappa shape index (κ1) is 28.1. The molecule has 4 aromatic rings. The number of benzene rings is 3. The Bertz CT molecular complexity index is 1620. The Balaban J connectivity index is 1.58. The van der Waals surface area contributed by atoms with Gasteiger partial charge in [0, 0.05) is 36.0 Å². The van der Waals surface area contributed by atoms with E-state index in [2.05, 4.69) is 31.9 Å². The van der Waals surface area contributed by atoms with Crippen molar-refractivity contribution in [2.75, 3.05) is 7.11 Å². The van der Waals surface area contributed by atoms with Crippen molar-refractivity contribution in [2.45, 2.75) is 44.6 Å². The van der Waals surface area contributed by atoms with Gasteiger partial charge in [-0.3, -0.25) is 4.79 Å². The Labute approximate surface area is 253 Å². The summed E-state index contributed by atoms with van der Waals surface area (Å²) in [4.78, 5) is 18.6. The van der Waals surface area contributed by atoms with Crippen molar-refractivity contribution in [3.63, 3.8) is 0 Å².